The van der Waals surface area contributed by atoms with Gasteiger partial charge in [0.1, 0.15) is 12.1 Å². The van der Waals surface area contributed by atoms with Crippen LogP contribution < -0.4 is 16.1 Å². The number of likely N-dealkylation sites (tertiary alicyclic amines) is 1. The molecule has 4 rings (SSSR count). The number of aryl methyl sites for hydroxylation is 2. The Labute approximate surface area is 249 Å². The van der Waals surface area contributed by atoms with Crippen LogP contribution in [0, 0.1) is 24.6 Å². The summed E-state index contributed by atoms with van der Waals surface area (Å²) in [6, 6.07) is 15.1. The molecule has 3 N–H and O–H groups in total. The standard InChI is InChI=1S/C26H38N6O2.C7H7F/c1-5-7-19-9-11-21(12-10-19)32-17-22(23(18-33)25(32)26(27)29-28-2)20-13-15-31(16-20)24(34)8-6-14-30(3)4;1-6-4-2-3-5-7(6)8/h6,8-12,18,20,22,28H,5,7,13-17H2,1-4H3,(H2,27,29);2-5H,1H3/b8-6+;. The number of nitrogens with one attached hydrogen (secondary N) is 1. The third kappa shape index (κ3) is 8.52. The number of amides is 1. The number of hydrazone groups is 1. The molecule has 0 aromatic heterocycles. The van der Waals surface area contributed by atoms with Gasteiger partial charge in [0.2, 0.25) is 5.91 Å². The van der Waals surface area contributed by atoms with Gasteiger partial charge in [-0.3, -0.25) is 9.59 Å². The number of anilines is 1. The molecular formula is C33H45FN6O2. The molecule has 0 radical (unpaired) electrons. The first-order valence-corrected chi connectivity index (χ1v) is 14.6. The molecule has 2 aromatic rings. The lowest BCUT2D eigenvalue weighted by molar-refractivity contribution is -0.125. The lowest BCUT2D eigenvalue weighted by atomic mass is 9.86. The predicted octanol–water partition coefficient (Wildman–Crippen LogP) is 4.12. The van der Waals surface area contributed by atoms with Gasteiger partial charge in [-0.25, -0.2) is 4.39 Å². The van der Waals surface area contributed by atoms with E-state index in [-0.39, 0.29) is 23.6 Å². The summed E-state index contributed by atoms with van der Waals surface area (Å²) in [4.78, 5) is 31.0. The second-order valence-corrected chi connectivity index (χ2v) is 11.0. The molecule has 226 valence electrons. The minimum absolute atomic E-state index is 0.0167. The molecule has 8 nitrogen and oxygen atoms in total. The number of carbonyl (C=O) groups is 2. The summed E-state index contributed by atoms with van der Waals surface area (Å²) < 4.78 is 12.3. The Morgan fingerprint density at radius 1 is 1.17 bits per heavy atom. The molecule has 42 heavy (non-hydrogen) atoms. The van der Waals surface area contributed by atoms with Crippen LogP contribution in [-0.4, -0.2) is 75.2 Å². The SMILES string of the molecule is CCCc1ccc(N2CC(C3CCN(C(=O)/C=C/CN(C)C)C3)C(C=O)=C2/C(N)=N\NC)cc1.Cc1ccccc1F. The Morgan fingerprint density at radius 2 is 1.88 bits per heavy atom. The highest BCUT2D eigenvalue weighted by molar-refractivity contribution is 6.06. The van der Waals surface area contributed by atoms with E-state index < -0.39 is 0 Å². The number of aldehydes is 1. The van der Waals surface area contributed by atoms with E-state index in [1.54, 1.807) is 32.2 Å². The quantitative estimate of drug-likeness (QED) is 0.145. The van der Waals surface area contributed by atoms with Crippen molar-refractivity contribution in [3.63, 3.8) is 0 Å². The molecule has 2 unspecified atom stereocenters. The maximum atomic E-state index is 12.6. The molecule has 2 heterocycles. The van der Waals surface area contributed by atoms with Crippen LogP contribution in [0.2, 0.25) is 0 Å². The van der Waals surface area contributed by atoms with Crippen molar-refractivity contribution >= 4 is 23.7 Å². The molecular weight excluding hydrogens is 531 g/mol. The number of hydrogen-bond acceptors (Lipinski definition) is 6. The van der Waals surface area contributed by atoms with Gasteiger partial charge >= 0.3 is 0 Å². The number of rotatable bonds is 10. The molecule has 0 saturated carbocycles. The average Bonchev–Trinajstić information content (AvgIpc) is 3.61. The van der Waals surface area contributed by atoms with Crippen LogP contribution in [0.1, 0.15) is 30.9 Å². The first-order valence-electron chi connectivity index (χ1n) is 14.6. The topological polar surface area (TPSA) is 94.3 Å². The van der Waals surface area contributed by atoms with Crippen molar-refractivity contribution in [2.75, 3.05) is 52.2 Å². The molecule has 1 fully saturated rings. The van der Waals surface area contributed by atoms with Crippen molar-refractivity contribution in [3.05, 3.63) is 88.9 Å². The fourth-order valence-corrected chi connectivity index (χ4v) is 5.43. The van der Waals surface area contributed by atoms with Crippen LogP contribution in [0.3, 0.4) is 0 Å². The molecule has 0 aliphatic carbocycles. The van der Waals surface area contributed by atoms with Gasteiger partial charge in [-0.2, -0.15) is 5.10 Å². The molecule has 2 aliphatic heterocycles. The van der Waals surface area contributed by atoms with Crippen LogP contribution in [-0.2, 0) is 16.0 Å². The monoisotopic (exact) mass is 576 g/mol. The van der Waals surface area contributed by atoms with Crippen molar-refractivity contribution in [2.45, 2.75) is 33.1 Å². The third-order valence-electron chi connectivity index (χ3n) is 7.62. The zero-order chi connectivity index (χ0) is 30.6. The summed E-state index contributed by atoms with van der Waals surface area (Å²) in [6.45, 7) is 6.60. The van der Waals surface area contributed by atoms with E-state index >= 15 is 0 Å². The van der Waals surface area contributed by atoms with Gasteiger partial charge in [0.05, 0.1) is 5.70 Å². The van der Waals surface area contributed by atoms with Gasteiger partial charge in [0.15, 0.2) is 5.84 Å². The first-order chi connectivity index (χ1) is 20.2. The highest BCUT2D eigenvalue weighted by Gasteiger charge is 2.41. The van der Waals surface area contributed by atoms with E-state index in [0.717, 1.165) is 37.8 Å². The average molecular weight is 577 g/mol. The van der Waals surface area contributed by atoms with E-state index in [1.807, 2.05) is 36.0 Å². The Hall–Kier alpha value is -3.98. The highest BCUT2D eigenvalue weighted by Crippen LogP contribution is 2.39. The lowest BCUT2D eigenvalue weighted by Gasteiger charge is -2.25. The summed E-state index contributed by atoms with van der Waals surface area (Å²) in [5.74, 6) is 0.360. The summed E-state index contributed by atoms with van der Waals surface area (Å²) in [7, 11) is 5.63. The van der Waals surface area contributed by atoms with Gasteiger partial charge in [-0.15, -0.1) is 0 Å². The molecule has 9 heteroatoms. The second-order valence-electron chi connectivity index (χ2n) is 11.0. The van der Waals surface area contributed by atoms with Gasteiger partial charge in [0, 0.05) is 56.5 Å². The number of amidine groups is 1. The first kappa shape index (κ1) is 32.5. The summed E-state index contributed by atoms with van der Waals surface area (Å²) >= 11 is 0. The molecule has 1 amide bonds. The Morgan fingerprint density at radius 3 is 2.45 bits per heavy atom. The Bertz CT molecular complexity index is 1270. The molecule has 2 aliphatic rings. The van der Waals surface area contributed by atoms with Crippen LogP contribution in [0.5, 0.6) is 0 Å². The molecule has 1 saturated heterocycles. The normalized spacial score (nSPS) is 19.0. The van der Waals surface area contributed by atoms with Gasteiger partial charge in [-0.05, 0) is 69.1 Å². The number of likely N-dealkylation sites (N-methyl/N-ethyl adjacent to an activating group) is 1. The second kappa shape index (κ2) is 15.9. The van der Waals surface area contributed by atoms with E-state index in [9.17, 15) is 14.0 Å². The molecule has 2 atom stereocenters. The van der Waals surface area contributed by atoms with E-state index in [0.29, 0.717) is 42.3 Å². The maximum Gasteiger partial charge on any atom is 0.246 e. The fraction of sp³-hybridized carbons (Fsp3) is 0.424. The number of nitrogens with two attached hydrogens (primary N) is 1. The molecule has 2 aromatic carbocycles. The number of carbonyl (C=O) groups excluding carboxylic acids is 2. The van der Waals surface area contributed by atoms with Gasteiger partial charge in [0.25, 0.3) is 0 Å². The third-order valence-corrected chi connectivity index (χ3v) is 7.62. The highest BCUT2D eigenvalue weighted by atomic mass is 19.1. The zero-order valence-electron chi connectivity index (χ0n) is 25.5. The predicted molar refractivity (Wildman–Crippen MR) is 169 cm³/mol. The minimum atomic E-state index is -0.132. The van der Waals surface area contributed by atoms with Crippen molar-refractivity contribution in [1.29, 1.82) is 0 Å². The van der Waals surface area contributed by atoms with E-state index in [4.69, 9.17) is 5.73 Å². The maximum absolute atomic E-state index is 12.6. The molecule has 0 bridgehead atoms. The van der Waals surface area contributed by atoms with Crippen LogP contribution in [0.4, 0.5) is 10.1 Å². The summed E-state index contributed by atoms with van der Waals surface area (Å²) in [5.41, 5.74) is 13.4. The van der Waals surface area contributed by atoms with Crippen molar-refractivity contribution in [2.24, 2.45) is 22.7 Å². The van der Waals surface area contributed by atoms with Crippen LogP contribution in [0.15, 0.2) is 77.1 Å². The van der Waals surface area contributed by atoms with Crippen molar-refractivity contribution < 1.29 is 14.0 Å². The Kier molecular flexibility index (Phi) is 12.3. The van der Waals surface area contributed by atoms with Crippen LogP contribution in [0.25, 0.3) is 0 Å². The van der Waals surface area contributed by atoms with E-state index in [2.05, 4.69) is 46.6 Å². The van der Waals surface area contributed by atoms with Gasteiger partial charge in [-0.1, -0.05) is 49.8 Å². The van der Waals surface area contributed by atoms with E-state index in [1.165, 1.54) is 11.6 Å². The van der Waals surface area contributed by atoms with Gasteiger partial charge < -0.3 is 25.9 Å². The largest absolute Gasteiger partial charge is 0.381 e. The van der Waals surface area contributed by atoms with Crippen molar-refractivity contribution in [3.8, 4) is 0 Å². The summed E-state index contributed by atoms with van der Waals surface area (Å²) in [5, 5.41) is 4.19. The fourth-order valence-electron chi connectivity index (χ4n) is 5.43. The molecule has 0 spiro atoms. The van der Waals surface area contributed by atoms with Crippen LogP contribution >= 0.6 is 0 Å². The number of nitrogens with zero attached hydrogens (tertiary/aromatic N) is 4. The Balaban J connectivity index is 0.000000521. The minimum Gasteiger partial charge on any atom is -0.381 e. The summed E-state index contributed by atoms with van der Waals surface area (Å²) in [6.07, 6.45) is 7.44. The number of benzene rings is 2. The number of hydrogen-bond donors (Lipinski definition) is 2. The van der Waals surface area contributed by atoms with Crippen molar-refractivity contribution in [1.82, 2.24) is 15.2 Å². The number of halogens is 1. The zero-order valence-corrected chi connectivity index (χ0v) is 25.5. The smallest absolute Gasteiger partial charge is 0.246 e. The lowest BCUT2D eigenvalue weighted by Crippen LogP contribution is -2.32.